The van der Waals surface area contributed by atoms with E-state index >= 15 is 0 Å². The predicted octanol–water partition coefficient (Wildman–Crippen LogP) is 2.38. The van der Waals surface area contributed by atoms with Crippen molar-refractivity contribution in [3.8, 4) is 11.1 Å². The van der Waals surface area contributed by atoms with E-state index < -0.39 is 15.8 Å². The maximum atomic E-state index is 11.8. The third-order valence-corrected chi connectivity index (χ3v) is 4.09. The Morgan fingerprint density at radius 2 is 1.70 bits per heavy atom. The Morgan fingerprint density at radius 3 is 2.25 bits per heavy atom. The van der Waals surface area contributed by atoms with Crippen LogP contribution >= 0.6 is 0 Å². The number of rotatable bonds is 4. The molecule has 0 aromatic heterocycles. The number of carboxylic acids is 1. The molecular formula is C15H14O4S. The molecule has 0 aliphatic rings. The standard InChI is InChI=1S/C15H14O4S/c1-20(18,19)14-9-12(11-5-3-2-4-6-11)7-8-13(14)10-15(16)17/h2-9H,10H2,1H3,(H,16,17). The highest BCUT2D eigenvalue weighted by Gasteiger charge is 2.16. The molecule has 2 rings (SSSR count). The smallest absolute Gasteiger partial charge is 0.307 e. The van der Waals surface area contributed by atoms with Gasteiger partial charge in [0.1, 0.15) is 0 Å². The zero-order valence-corrected chi connectivity index (χ0v) is 11.7. The number of hydrogen-bond acceptors (Lipinski definition) is 3. The van der Waals surface area contributed by atoms with Gasteiger partial charge in [0.05, 0.1) is 11.3 Å². The average Bonchev–Trinajstić information content (AvgIpc) is 2.38. The molecule has 0 saturated carbocycles. The fourth-order valence-corrected chi connectivity index (χ4v) is 2.98. The molecule has 1 N–H and O–H groups in total. The van der Waals surface area contributed by atoms with Gasteiger partial charge in [0.2, 0.25) is 0 Å². The van der Waals surface area contributed by atoms with E-state index in [9.17, 15) is 13.2 Å². The molecule has 0 atom stereocenters. The van der Waals surface area contributed by atoms with Gasteiger partial charge in [0.15, 0.2) is 9.84 Å². The quantitative estimate of drug-likeness (QED) is 0.938. The van der Waals surface area contributed by atoms with E-state index in [4.69, 9.17) is 5.11 Å². The molecule has 0 aliphatic carbocycles. The Morgan fingerprint density at radius 1 is 1.05 bits per heavy atom. The van der Waals surface area contributed by atoms with Crippen LogP contribution in [0.3, 0.4) is 0 Å². The van der Waals surface area contributed by atoms with Crippen LogP contribution in [0.1, 0.15) is 5.56 Å². The van der Waals surface area contributed by atoms with E-state index in [-0.39, 0.29) is 11.3 Å². The van der Waals surface area contributed by atoms with Crippen molar-refractivity contribution in [2.75, 3.05) is 6.26 Å². The van der Waals surface area contributed by atoms with E-state index in [1.54, 1.807) is 12.1 Å². The fourth-order valence-electron chi connectivity index (χ4n) is 2.02. The lowest BCUT2D eigenvalue weighted by atomic mass is 10.0. The number of benzene rings is 2. The summed E-state index contributed by atoms with van der Waals surface area (Å²) in [6.07, 6.45) is 0.778. The summed E-state index contributed by atoms with van der Waals surface area (Å²) < 4.78 is 23.7. The van der Waals surface area contributed by atoms with E-state index in [1.165, 1.54) is 6.07 Å². The third-order valence-electron chi connectivity index (χ3n) is 2.92. The number of sulfone groups is 1. The van der Waals surface area contributed by atoms with Crippen LogP contribution in [-0.2, 0) is 21.1 Å². The molecule has 0 spiro atoms. The Bertz CT molecular complexity index is 734. The summed E-state index contributed by atoms with van der Waals surface area (Å²) >= 11 is 0. The summed E-state index contributed by atoms with van der Waals surface area (Å²) in [5, 5.41) is 8.85. The van der Waals surface area contributed by atoms with E-state index in [2.05, 4.69) is 0 Å². The van der Waals surface area contributed by atoms with Crippen molar-refractivity contribution < 1.29 is 18.3 Å². The van der Waals surface area contributed by atoms with Crippen LogP contribution in [0.5, 0.6) is 0 Å². The summed E-state index contributed by atoms with van der Waals surface area (Å²) in [4.78, 5) is 10.9. The number of carboxylic acid groups (broad SMARTS) is 1. The second-order valence-electron chi connectivity index (χ2n) is 4.53. The monoisotopic (exact) mass is 290 g/mol. The molecule has 0 unspecified atom stereocenters. The lowest BCUT2D eigenvalue weighted by molar-refractivity contribution is -0.136. The minimum absolute atomic E-state index is 0.0706. The van der Waals surface area contributed by atoms with E-state index in [0.29, 0.717) is 5.56 Å². The van der Waals surface area contributed by atoms with Crippen LogP contribution in [0.2, 0.25) is 0 Å². The minimum Gasteiger partial charge on any atom is -0.481 e. The van der Waals surface area contributed by atoms with Gasteiger partial charge >= 0.3 is 5.97 Å². The van der Waals surface area contributed by atoms with Crippen LogP contribution in [0.4, 0.5) is 0 Å². The molecule has 2 aromatic carbocycles. The van der Waals surface area contributed by atoms with Crippen LogP contribution in [-0.4, -0.2) is 25.7 Å². The largest absolute Gasteiger partial charge is 0.481 e. The Kier molecular flexibility index (Phi) is 3.90. The maximum Gasteiger partial charge on any atom is 0.307 e. The van der Waals surface area contributed by atoms with Crippen LogP contribution < -0.4 is 0 Å². The van der Waals surface area contributed by atoms with Crippen molar-refractivity contribution in [1.29, 1.82) is 0 Å². The van der Waals surface area contributed by atoms with Gasteiger partial charge in [0, 0.05) is 6.26 Å². The van der Waals surface area contributed by atoms with Crippen LogP contribution in [0, 0.1) is 0 Å². The lowest BCUT2D eigenvalue weighted by Gasteiger charge is -2.09. The first-order valence-electron chi connectivity index (χ1n) is 5.98. The Hall–Kier alpha value is -2.14. The Balaban J connectivity index is 2.58. The van der Waals surface area contributed by atoms with Crippen LogP contribution in [0.25, 0.3) is 11.1 Å². The van der Waals surface area contributed by atoms with Gasteiger partial charge in [-0.1, -0.05) is 42.5 Å². The molecule has 5 heteroatoms. The van der Waals surface area contributed by atoms with Gasteiger partial charge in [-0.3, -0.25) is 4.79 Å². The third kappa shape index (κ3) is 3.24. The van der Waals surface area contributed by atoms with Gasteiger partial charge in [-0.25, -0.2) is 8.42 Å². The van der Waals surface area contributed by atoms with Gasteiger partial charge in [-0.15, -0.1) is 0 Å². The normalized spacial score (nSPS) is 11.2. The number of aliphatic carboxylic acids is 1. The second kappa shape index (κ2) is 5.46. The van der Waals surface area contributed by atoms with Gasteiger partial charge in [-0.05, 0) is 22.8 Å². The molecule has 4 nitrogen and oxygen atoms in total. The molecule has 0 aliphatic heterocycles. The number of carbonyl (C=O) groups is 1. The lowest BCUT2D eigenvalue weighted by Crippen LogP contribution is -2.07. The van der Waals surface area contributed by atoms with Crippen molar-refractivity contribution in [1.82, 2.24) is 0 Å². The molecule has 0 radical (unpaired) electrons. The van der Waals surface area contributed by atoms with Crippen molar-refractivity contribution in [3.05, 3.63) is 54.1 Å². The topological polar surface area (TPSA) is 71.4 Å². The van der Waals surface area contributed by atoms with Gasteiger partial charge in [-0.2, -0.15) is 0 Å². The van der Waals surface area contributed by atoms with Gasteiger partial charge in [0.25, 0.3) is 0 Å². The molecule has 0 saturated heterocycles. The molecule has 0 fully saturated rings. The molecule has 20 heavy (non-hydrogen) atoms. The van der Waals surface area contributed by atoms with Crippen molar-refractivity contribution >= 4 is 15.8 Å². The highest BCUT2D eigenvalue weighted by Crippen LogP contribution is 2.25. The first-order chi connectivity index (χ1) is 9.38. The summed E-state index contributed by atoms with van der Waals surface area (Å²) in [7, 11) is -3.47. The zero-order chi connectivity index (χ0) is 14.8. The molecule has 0 heterocycles. The minimum atomic E-state index is -3.47. The molecule has 104 valence electrons. The van der Waals surface area contributed by atoms with Crippen LogP contribution in [0.15, 0.2) is 53.4 Å². The average molecular weight is 290 g/mol. The SMILES string of the molecule is CS(=O)(=O)c1cc(-c2ccccc2)ccc1CC(=O)O. The van der Waals surface area contributed by atoms with Crippen molar-refractivity contribution in [3.63, 3.8) is 0 Å². The van der Waals surface area contributed by atoms with E-state index in [1.807, 2.05) is 30.3 Å². The van der Waals surface area contributed by atoms with Crippen molar-refractivity contribution in [2.24, 2.45) is 0 Å². The molecule has 0 amide bonds. The fraction of sp³-hybridized carbons (Fsp3) is 0.133. The predicted molar refractivity (Wildman–Crippen MR) is 76.3 cm³/mol. The summed E-state index contributed by atoms with van der Waals surface area (Å²) in [5.74, 6) is -1.05. The summed E-state index contributed by atoms with van der Waals surface area (Å²) in [6, 6.07) is 14.2. The molecular weight excluding hydrogens is 276 g/mol. The second-order valence-corrected chi connectivity index (χ2v) is 6.52. The Labute approximate surface area is 117 Å². The highest BCUT2D eigenvalue weighted by atomic mass is 32.2. The first kappa shape index (κ1) is 14.3. The molecule has 0 bridgehead atoms. The zero-order valence-electron chi connectivity index (χ0n) is 10.9. The summed E-state index contributed by atoms with van der Waals surface area (Å²) in [5.41, 5.74) is 1.94. The summed E-state index contributed by atoms with van der Waals surface area (Å²) in [6.45, 7) is 0. The maximum absolute atomic E-state index is 11.8. The molecule has 2 aromatic rings. The number of hydrogen-bond donors (Lipinski definition) is 1. The van der Waals surface area contributed by atoms with E-state index in [0.717, 1.165) is 17.4 Å². The van der Waals surface area contributed by atoms with Gasteiger partial charge < -0.3 is 5.11 Å². The van der Waals surface area contributed by atoms with Crippen molar-refractivity contribution in [2.45, 2.75) is 11.3 Å². The highest BCUT2D eigenvalue weighted by molar-refractivity contribution is 7.90. The first-order valence-corrected chi connectivity index (χ1v) is 7.87.